The number of phenols is 1. The summed E-state index contributed by atoms with van der Waals surface area (Å²) in [5, 5.41) is 22.8. The summed E-state index contributed by atoms with van der Waals surface area (Å²) in [6, 6.07) is 3.65. The Bertz CT molecular complexity index is 556. The first-order valence-electron chi connectivity index (χ1n) is 5.70. The number of phenolic OH excluding ortho intramolecular Hbond substituents is 1. The molecule has 2 atom stereocenters. The van der Waals surface area contributed by atoms with Crippen molar-refractivity contribution in [3.8, 4) is 5.75 Å². The number of nitrogens with two attached hydrogens (primary N) is 1. The first-order valence-corrected chi connectivity index (χ1v) is 5.70. The third-order valence-corrected chi connectivity index (χ3v) is 2.92. The molecule has 0 saturated carbocycles. The maximum Gasteiger partial charge on any atom is 0.296 e. The predicted molar refractivity (Wildman–Crippen MR) is 68.6 cm³/mol. The number of benzene rings is 1. The number of amides is 1. The van der Waals surface area contributed by atoms with Gasteiger partial charge >= 0.3 is 0 Å². The van der Waals surface area contributed by atoms with E-state index in [-0.39, 0.29) is 23.2 Å². The van der Waals surface area contributed by atoms with Gasteiger partial charge < -0.3 is 16.2 Å². The first kappa shape index (κ1) is 13.0. The normalized spacial score (nSPS) is 21.3. The number of para-hydroxylation sites is 1. The second kappa shape index (κ2) is 5.07. The van der Waals surface area contributed by atoms with Crippen molar-refractivity contribution in [2.45, 2.75) is 12.5 Å². The van der Waals surface area contributed by atoms with E-state index >= 15 is 0 Å². The van der Waals surface area contributed by atoms with E-state index < -0.39 is 16.7 Å². The predicted octanol–water partition coefficient (Wildman–Crippen LogP) is 1.14. The lowest BCUT2D eigenvalue weighted by molar-refractivity contribution is -0.384. The van der Waals surface area contributed by atoms with E-state index in [0.717, 1.165) is 0 Å². The lowest BCUT2D eigenvalue weighted by Gasteiger charge is -2.11. The van der Waals surface area contributed by atoms with Gasteiger partial charge in [0.1, 0.15) is 5.75 Å². The molecule has 4 N–H and O–H groups in total. The molecule has 100 valence electrons. The quantitative estimate of drug-likeness (QED) is 0.327. The van der Waals surface area contributed by atoms with Crippen LogP contribution >= 0.6 is 0 Å². The fourth-order valence-electron chi connectivity index (χ4n) is 1.95. The molecule has 2 rings (SSSR count). The maximum atomic E-state index is 11.9. The Morgan fingerprint density at radius 2 is 2.21 bits per heavy atom. The van der Waals surface area contributed by atoms with Crippen LogP contribution in [0.5, 0.6) is 5.75 Å². The number of anilines is 1. The van der Waals surface area contributed by atoms with Gasteiger partial charge in [-0.2, -0.15) is 0 Å². The summed E-state index contributed by atoms with van der Waals surface area (Å²) in [6.45, 7) is 0. The molecule has 0 aliphatic heterocycles. The molecular formula is C12H13N3O4. The lowest BCUT2D eigenvalue weighted by atomic mass is 10.1. The van der Waals surface area contributed by atoms with Crippen LogP contribution in [0.4, 0.5) is 11.4 Å². The molecule has 0 radical (unpaired) electrons. The smallest absolute Gasteiger partial charge is 0.296 e. The summed E-state index contributed by atoms with van der Waals surface area (Å²) in [5.41, 5.74) is 5.10. The molecule has 7 heteroatoms. The van der Waals surface area contributed by atoms with Gasteiger partial charge in [-0.05, 0) is 12.5 Å². The summed E-state index contributed by atoms with van der Waals surface area (Å²) in [5.74, 6) is -1.20. The van der Waals surface area contributed by atoms with Gasteiger partial charge in [0.2, 0.25) is 5.91 Å². The van der Waals surface area contributed by atoms with Crippen LogP contribution in [-0.2, 0) is 4.79 Å². The fourth-order valence-corrected chi connectivity index (χ4v) is 1.95. The molecule has 0 aromatic heterocycles. The zero-order valence-corrected chi connectivity index (χ0v) is 9.95. The minimum atomic E-state index is -0.661. The molecule has 0 heterocycles. The fraction of sp³-hybridized carbons (Fsp3) is 0.250. The van der Waals surface area contributed by atoms with Crippen LogP contribution in [-0.4, -0.2) is 22.0 Å². The minimum Gasteiger partial charge on any atom is -0.505 e. The Hall–Kier alpha value is -2.41. The molecule has 19 heavy (non-hydrogen) atoms. The molecule has 7 nitrogen and oxygen atoms in total. The molecule has 1 amide bonds. The number of nitro groups is 1. The standard InChI is InChI=1S/C12H13N3O4/c13-8-5-4-7(6-8)12(17)14-11-9(15(18)19)2-1-3-10(11)16/h1-5,7-8,16H,6,13H2,(H,14,17). The van der Waals surface area contributed by atoms with Gasteiger partial charge in [0.15, 0.2) is 5.69 Å². The van der Waals surface area contributed by atoms with Crippen molar-refractivity contribution in [3.63, 3.8) is 0 Å². The number of nitro benzene ring substituents is 1. The van der Waals surface area contributed by atoms with Crippen molar-refractivity contribution in [1.29, 1.82) is 0 Å². The van der Waals surface area contributed by atoms with Crippen molar-refractivity contribution in [1.82, 2.24) is 0 Å². The Kier molecular flexibility index (Phi) is 3.48. The maximum absolute atomic E-state index is 11.9. The van der Waals surface area contributed by atoms with Gasteiger partial charge in [-0.25, -0.2) is 0 Å². The van der Waals surface area contributed by atoms with Gasteiger partial charge in [0.05, 0.1) is 10.8 Å². The van der Waals surface area contributed by atoms with Crippen molar-refractivity contribution in [3.05, 3.63) is 40.5 Å². The van der Waals surface area contributed by atoms with Gasteiger partial charge in [-0.1, -0.05) is 18.2 Å². The lowest BCUT2D eigenvalue weighted by Crippen LogP contribution is -2.24. The molecule has 0 fully saturated rings. The van der Waals surface area contributed by atoms with Crippen LogP contribution in [0, 0.1) is 16.0 Å². The topological polar surface area (TPSA) is 118 Å². The van der Waals surface area contributed by atoms with E-state index in [1.54, 1.807) is 12.2 Å². The van der Waals surface area contributed by atoms with Gasteiger partial charge in [0, 0.05) is 12.1 Å². The zero-order chi connectivity index (χ0) is 14.0. The number of rotatable bonds is 3. The molecule has 0 saturated heterocycles. The van der Waals surface area contributed by atoms with Gasteiger partial charge in [0.25, 0.3) is 5.69 Å². The van der Waals surface area contributed by atoms with Crippen molar-refractivity contribution < 1.29 is 14.8 Å². The van der Waals surface area contributed by atoms with Crippen LogP contribution in [0.25, 0.3) is 0 Å². The van der Waals surface area contributed by atoms with Gasteiger partial charge in [-0.15, -0.1) is 0 Å². The van der Waals surface area contributed by atoms with E-state index in [1.165, 1.54) is 18.2 Å². The average molecular weight is 263 g/mol. The Labute approximate surface area is 108 Å². The second-order valence-corrected chi connectivity index (χ2v) is 4.31. The average Bonchev–Trinajstić information content (AvgIpc) is 2.78. The van der Waals surface area contributed by atoms with Crippen LogP contribution < -0.4 is 11.1 Å². The highest BCUT2D eigenvalue weighted by Crippen LogP contribution is 2.33. The highest BCUT2D eigenvalue weighted by Gasteiger charge is 2.26. The van der Waals surface area contributed by atoms with Crippen molar-refractivity contribution >= 4 is 17.3 Å². The SMILES string of the molecule is NC1C=CC(C(=O)Nc2c(O)cccc2[N+](=O)[O-])C1. The molecule has 0 bridgehead atoms. The minimum absolute atomic E-state index is 0.185. The molecule has 2 unspecified atom stereocenters. The third-order valence-electron chi connectivity index (χ3n) is 2.92. The number of carbonyl (C=O) groups excluding carboxylic acids is 1. The Balaban J connectivity index is 2.21. The molecule has 1 aromatic carbocycles. The Morgan fingerprint density at radius 1 is 1.47 bits per heavy atom. The highest BCUT2D eigenvalue weighted by atomic mass is 16.6. The zero-order valence-electron chi connectivity index (χ0n) is 9.95. The van der Waals surface area contributed by atoms with E-state index in [4.69, 9.17) is 5.73 Å². The van der Waals surface area contributed by atoms with Crippen LogP contribution in [0.15, 0.2) is 30.4 Å². The largest absolute Gasteiger partial charge is 0.505 e. The van der Waals surface area contributed by atoms with Crippen LogP contribution in [0.1, 0.15) is 6.42 Å². The van der Waals surface area contributed by atoms with E-state index in [2.05, 4.69) is 5.32 Å². The first-order chi connectivity index (χ1) is 8.99. The number of hydrogen-bond acceptors (Lipinski definition) is 5. The number of carbonyl (C=O) groups is 1. The van der Waals surface area contributed by atoms with E-state index in [1.807, 2.05) is 0 Å². The third kappa shape index (κ3) is 2.71. The van der Waals surface area contributed by atoms with Crippen molar-refractivity contribution in [2.24, 2.45) is 11.7 Å². The Morgan fingerprint density at radius 3 is 2.79 bits per heavy atom. The number of nitrogens with one attached hydrogen (secondary N) is 1. The highest BCUT2D eigenvalue weighted by molar-refractivity contribution is 5.97. The van der Waals surface area contributed by atoms with Gasteiger partial charge in [-0.3, -0.25) is 14.9 Å². The molecule has 0 spiro atoms. The monoisotopic (exact) mass is 263 g/mol. The van der Waals surface area contributed by atoms with Crippen LogP contribution in [0.2, 0.25) is 0 Å². The van der Waals surface area contributed by atoms with E-state index in [0.29, 0.717) is 6.42 Å². The summed E-state index contributed by atoms with van der Waals surface area (Å²) >= 11 is 0. The number of hydrogen-bond donors (Lipinski definition) is 3. The molecule has 1 aliphatic carbocycles. The van der Waals surface area contributed by atoms with Crippen LogP contribution in [0.3, 0.4) is 0 Å². The summed E-state index contributed by atoms with van der Waals surface area (Å²) < 4.78 is 0. The molecular weight excluding hydrogens is 250 g/mol. The van der Waals surface area contributed by atoms with E-state index in [9.17, 15) is 20.0 Å². The van der Waals surface area contributed by atoms with Crippen molar-refractivity contribution in [2.75, 3.05) is 5.32 Å². The second-order valence-electron chi connectivity index (χ2n) is 4.31. The number of nitrogens with zero attached hydrogens (tertiary/aromatic N) is 1. The summed E-state index contributed by atoms with van der Waals surface area (Å²) in [7, 11) is 0. The summed E-state index contributed by atoms with van der Waals surface area (Å²) in [6.07, 6.45) is 3.82. The summed E-state index contributed by atoms with van der Waals surface area (Å²) in [4.78, 5) is 22.1. The molecule has 1 aromatic rings. The number of aromatic hydroxyl groups is 1. The molecule has 1 aliphatic rings.